The largest absolute Gasteiger partial charge is 0.398 e. The highest BCUT2D eigenvalue weighted by molar-refractivity contribution is 7.94. The van der Waals surface area contributed by atoms with Crippen molar-refractivity contribution in [3.63, 3.8) is 0 Å². The molecule has 0 aromatic carbocycles. The maximum absolute atomic E-state index is 12.0. The highest BCUT2D eigenvalue weighted by atomic mass is 32.2. The van der Waals surface area contributed by atoms with Crippen molar-refractivity contribution in [2.75, 3.05) is 10.5 Å². The van der Waals surface area contributed by atoms with Crippen LogP contribution in [0.2, 0.25) is 0 Å². The molecule has 2 heterocycles. The maximum Gasteiger partial charge on any atom is 0.272 e. The number of rotatable bonds is 4. The number of hydrogen-bond donors (Lipinski definition) is 2. The zero-order valence-corrected chi connectivity index (χ0v) is 11.6. The van der Waals surface area contributed by atoms with Crippen LogP contribution in [0.1, 0.15) is 19.9 Å². The second kappa shape index (κ2) is 4.62. The van der Waals surface area contributed by atoms with Crippen LogP contribution in [0, 0.1) is 0 Å². The van der Waals surface area contributed by atoms with Gasteiger partial charge < -0.3 is 5.73 Å². The molecule has 6 nitrogen and oxygen atoms in total. The molecule has 0 spiro atoms. The van der Waals surface area contributed by atoms with E-state index in [-0.39, 0.29) is 10.3 Å². The fraction of sp³-hybridized carbons (Fsp3) is 0.300. The maximum atomic E-state index is 12.0. The third-order valence-corrected chi connectivity index (χ3v) is 5.05. The smallest absolute Gasteiger partial charge is 0.272 e. The Labute approximate surface area is 109 Å². The first-order chi connectivity index (χ1) is 8.38. The molecule has 8 heteroatoms. The van der Waals surface area contributed by atoms with Gasteiger partial charge in [-0.2, -0.15) is 5.10 Å². The standard InChI is InChI=1S/C10H14N4O2S2/c1-7(2)14-4-3-9(12-14)13-18(15,16)10-5-8(11)6-17-10/h3-7H,11H2,1-2H3,(H,12,13). The van der Waals surface area contributed by atoms with Gasteiger partial charge in [0.2, 0.25) is 0 Å². The summed E-state index contributed by atoms with van der Waals surface area (Å²) in [5, 5.41) is 5.71. The van der Waals surface area contributed by atoms with Crippen molar-refractivity contribution in [1.29, 1.82) is 0 Å². The molecule has 0 atom stereocenters. The topological polar surface area (TPSA) is 90.0 Å². The number of nitrogen functional groups attached to an aromatic ring is 1. The average Bonchev–Trinajstić information content (AvgIpc) is 2.86. The normalized spacial score (nSPS) is 11.9. The number of nitrogens with zero attached hydrogens (tertiary/aromatic N) is 2. The van der Waals surface area contributed by atoms with E-state index in [2.05, 4.69) is 9.82 Å². The van der Waals surface area contributed by atoms with Crippen LogP contribution in [0.25, 0.3) is 0 Å². The lowest BCUT2D eigenvalue weighted by atomic mass is 10.4. The Morgan fingerprint density at radius 2 is 2.22 bits per heavy atom. The lowest BCUT2D eigenvalue weighted by molar-refractivity contribution is 0.534. The third kappa shape index (κ3) is 2.65. The van der Waals surface area contributed by atoms with Gasteiger partial charge in [-0.15, -0.1) is 11.3 Å². The number of hydrogen-bond acceptors (Lipinski definition) is 5. The van der Waals surface area contributed by atoms with E-state index in [4.69, 9.17) is 5.73 Å². The molecule has 0 fully saturated rings. The van der Waals surface area contributed by atoms with Crippen molar-refractivity contribution in [3.8, 4) is 0 Å². The summed E-state index contributed by atoms with van der Waals surface area (Å²) >= 11 is 1.08. The summed E-state index contributed by atoms with van der Waals surface area (Å²) in [5.41, 5.74) is 5.95. The molecule has 2 aromatic rings. The molecule has 2 rings (SSSR count). The molecule has 3 N–H and O–H groups in total. The Morgan fingerprint density at radius 3 is 2.72 bits per heavy atom. The predicted octanol–water partition coefficient (Wildman–Crippen LogP) is 1.91. The van der Waals surface area contributed by atoms with Crippen LogP contribution in [0.3, 0.4) is 0 Å². The second-order valence-corrected chi connectivity index (χ2v) is 6.90. The van der Waals surface area contributed by atoms with Gasteiger partial charge in [-0.1, -0.05) is 0 Å². The number of nitrogens with one attached hydrogen (secondary N) is 1. The first-order valence-electron chi connectivity index (χ1n) is 5.30. The van der Waals surface area contributed by atoms with Crippen LogP contribution < -0.4 is 10.5 Å². The lowest BCUT2D eigenvalue weighted by Gasteiger charge is -2.05. The van der Waals surface area contributed by atoms with Crippen molar-refractivity contribution < 1.29 is 8.42 Å². The van der Waals surface area contributed by atoms with Gasteiger partial charge in [-0.25, -0.2) is 8.42 Å². The summed E-state index contributed by atoms with van der Waals surface area (Å²) in [6, 6.07) is 3.22. The quantitative estimate of drug-likeness (QED) is 0.898. The zero-order valence-electron chi connectivity index (χ0n) is 9.99. The van der Waals surface area contributed by atoms with Gasteiger partial charge in [0, 0.05) is 29.4 Å². The molecule has 0 aliphatic rings. The van der Waals surface area contributed by atoms with E-state index >= 15 is 0 Å². The van der Waals surface area contributed by atoms with E-state index in [0.717, 1.165) is 11.3 Å². The molecule has 18 heavy (non-hydrogen) atoms. The van der Waals surface area contributed by atoms with E-state index in [9.17, 15) is 8.42 Å². The first kappa shape index (κ1) is 12.9. The van der Waals surface area contributed by atoms with E-state index < -0.39 is 10.0 Å². The van der Waals surface area contributed by atoms with E-state index in [1.807, 2.05) is 13.8 Å². The molecule has 0 aliphatic carbocycles. The van der Waals surface area contributed by atoms with Gasteiger partial charge in [0.15, 0.2) is 5.82 Å². The Morgan fingerprint density at radius 1 is 1.50 bits per heavy atom. The second-order valence-electron chi connectivity index (χ2n) is 4.08. The van der Waals surface area contributed by atoms with Crippen LogP contribution in [-0.4, -0.2) is 18.2 Å². The number of sulfonamides is 1. The molecule has 0 aliphatic heterocycles. The highest BCUT2D eigenvalue weighted by Gasteiger charge is 2.17. The Bertz CT molecular complexity index is 642. The van der Waals surface area contributed by atoms with Crippen LogP contribution in [0.15, 0.2) is 27.9 Å². The minimum atomic E-state index is -3.59. The van der Waals surface area contributed by atoms with Crippen LogP contribution >= 0.6 is 11.3 Å². The van der Waals surface area contributed by atoms with Gasteiger partial charge in [-0.05, 0) is 19.9 Å². The Hall–Kier alpha value is -1.54. The minimum absolute atomic E-state index is 0.180. The molecule has 0 saturated carbocycles. The fourth-order valence-electron chi connectivity index (χ4n) is 1.34. The van der Waals surface area contributed by atoms with Crippen molar-refractivity contribution in [2.45, 2.75) is 24.1 Å². The number of anilines is 2. The molecule has 0 saturated heterocycles. The minimum Gasteiger partial charge on any atom is -0.398 e. The summed E-state index contributed by atoms with van der Waals surface area (Å²) in [6.07, 6.45) is 1.73. The lowest BCUT2D eigenvalue weighted by Crippen LogP contribution is -2.12. The number of aromatic nitrogens is 2. The highest BCUT2D eigenvalue weighted by Crippen LogP contribution is 2.23. The molecule has 98 valence electrons. The summed E-state index contributed by atoms with van der Waals surface area (Å²) in [4.78, 5) is 0. The first-order valence-corrected chi connectivity index (χ1v) is 7.67. The predicted molar refractivity (Wildman–Crippen MR) is 72.2 cm³/mol. The molecular formula is C10H14N4O2S2. The summed E-state index contributed by atoms with van der Waals surface area (Å²) in [7, 11) is -3.59. The number of nitrogens with two attached hydrogens (primary N) is 1. The summed E-state index contributed by atoms with van der Waals surface area (Å²) in [5.74, 6) is 0.302. The van der Waals surface area contributed by atoms with Crippen LogP contribution in [0.5, 0.6) is 0 Å². The monoisotopic (exact) mass is 286 g/mol. The summed E-state index contributed by atoms with van der Waals surface area (Å²) in [6.45, 7) is 3.93. The van der Waals surface area contributed by atoms with Gasteiger partial charge in [0.05, 0.1) is 0 Å². The van der Waals surface area contributed by atoms with E-state index in [1.165, 1.54) is 6.07 Å². The van der Waals surface area contributed by atoms with Crippen molar-refractivity contribution >= 4 is 32.9 Å². The van der Waals surface area contributed by atoms with E-state index in [0.29, 0.717) is 11.5 Å². The van der Waals surface area contributed by atoms with Crippen molar-refractivity contribution in [3.05, 3.63) is 23.7 Å². The summed E-state index contributed by atoms with van der Waals surface area (Å²) < 4.78 is 28.3. The Balaban J connectivity index is 2.22. The Kier molecular flexibility index (Phi) is 3.31. The molecule has 2 aromatic heterocycles. The molecule has 0 unspecified atom stereocenters. The van der Waals surface area contributed by atoms with Gasteiger partial charge >= 0.3 is 0 Å². The van der Waals surface area contributed by atoms with Gasteiger partial charge in [0.25, 0.3) is 10.0 Å². The van der Waals surface area contributed by atoms with Gasteiger partial charge in [0.1, 0.15) is 4.21 Å². The third-order valence-electron chi connectivity index (χ3n) is 2.24. The average molecular weight is 286 g/mol. The molecular weight excluding hydrogens is 272 g/mol. The number of thiophene rings is 1. The van der Waals surface area contributed by atoms with Crippen LogP contribution in [0.4, 0.5) is 11.5 Å². The van der Waals surface area contributed by atoms with Gasteiger partial charge in [-0.3, -0.25) is 9.40 Å². The van der Waals surface area contributed by atoms with Crippen molar-refractivity contribution in [2.24, 2.45) is 0 Å². The molecule has 0 amide bonds. The fourth-order valence-corrected chi connectivity index (χ4v) is 3.42. The molecule has 0 bridgehead atoms. The van der Waals surface area contributed by atoms with Crippen LogP contribution in [-0.2, 0) is 10.0 Å². The van der Waals surface area contributed by atoms with Crippen molar-refractivity contribution in [1.82, 2.24) is 9.78 Å². The zero-order chi connectivity index (χ0) is 13.3. The van der Waals surface area contributed by atoms with E-state index in [1.54, 1.807) is 22.3 Å². The SMILES string of the molecule is CC(C)n1ccc(NS(=O)(=O)c2cc(N)cs2)n1. The molecule has 0 radical (unpaired) electrons.